The minimum Gasteiger partial charge on any atom is -0.496 e. The Morgan fingerprint density at radius 2 is 1.90 bits per heavy atom. The van der Waals surface area contributed by atoms with Crippen molar-refractivity contribution in [1.29, 1.82) is 0 Å². The average Bonchev–Trinajstić information content (AvgIpc) is 2.50. The van der Waals surface area contributed by atoms with Crippen LogP contribution in [0.3, 0.4) is 0 Å². The Balaban J connectivity index is 2.33. The summed E-state index contributed by atoms with van der Waals surface area (Å²) in [5.41, 5.74) is 2.15. The number of likely N-dealkylation sites (N-methyl/N-ethyl adjacent to an activating group) is 1. The minimum absolute atomic E-state index is 0.127. The first-order valence-electron chi connectivity index (χ1n) is 6.96. The second-order valence-corrected chi connectivity index (χ2v) is 5.64. The molecule has 0 aliphatic heterocycles. The minimum atomic E-state index is 0.127. The molecule has 0 amide bonds. The molecule has 0 aliphatic carbocycles. The number of nitrogens with one attached hydrogen (secondary N) is 1. The molecule has 0 bridgehead atoms. The van der Waals surface area contributed by atoms with Crippen LogP contribution in [-0.4, -0.2) is 13.7 Å². The molecule has 1 atom stereocenters. The van der Waals surface area contributed by atoms with Crippen molar-refractivity contribution < 1.29 is 4.74 Å². The zero-order valence-electron chi connectivity index (χ0n) is 12.2. The highest BCUT2D eigenvalue weighted by molar-refractivity contribution is 6.33. The van der Waals surface area contributed by atoms with E-state index in [1.807, 2.05) is 30.3 Å². The maximum atomic E-state index is 6.28. The molecule has 2 nitrogen and oxygen atoms in total. The van der Waals surface area contributed by atoms with Gasteiger partial charge in [0.2, 0.25) is 0 Å². The third-order valence-electron chi connectivity index (χ3n) is 3.40. The van der Waals surface area contributed by atoms with Gasteiger partial charge in [0.05, 0.1) is 7.11 Å². The van der Waals surface area contributed by atoms with Crippen LogP contribution in [-0.2, 0) is 6.42 Å². The van der Waals surface area contributed by atoms with Crippen LogP contribution in [0.5, 0.6) is 5.75 Å². The van der Waals surface area contributed by atoms with Crippen LogP contribution in [0.25, 0.3) is 0 Å². The molecule has 0 fully saturated rings. The third kappa shape index (κ3) is 4.13. The molecule has 2 rings (SSSR count). The lowest BCUT2D eigenvalue weighted by Crippen LogP contribution is -2.23. The van der Waals surface area contributed by atoms with Gasteiger partial charge in [-0.3, -0.25) is 0 Å². The molecule has 2 aromatic carbocycles. The number of methoxy groups -OCH3 is 1. The molecule has 0 aromatic heterocycles. The average molecular weight is 324 g/mol. The molecular weight excluding hydrogens is 305 g/mol. The quantitative estimate of drug-likeness (QED) is 0.816. The molecule has 0 saturated heterocycles. The van der Waals surface area contributed by atoms with Gasteiger partial charge in [-0.25, -0.2) is 0 Å². The first kappa shape index (κ1) is 16.2. The van der Waals surface area contributed by atoms with E-state index in [0.717, 1.165) is 34.9 Å². The summed E-state index contributed by atoms with van der Waals surface area (Å²) in [6.07, 6.45) is 0.758. The van der Waals surface area contributed by atoms with E-state index in [9.17, 15) is 0 Å². The number of hydrogen-bond acceptors (Lipinski definition) is 2. The van der Waals surface area contributed by atoms with Gasteiger partial charge in [-0.1, -0.05) is 48.3 Å². The summed E-state index contributed by atoms with van der Waals surface area (Å²) in [5, 5.41) is 4.92. The van der Waals surface area contributed by atoms with E-state index in [2.05, 4.69) is 18.3 Å². The van der Waals surface area contributed by atoms with Crippen LogP contribution < -0.4 is 10.1 Å². The molecule has 1 N–H and O–H groups in total. The van der Waals surface area contributed by atoms with E-state index in [1.54, 1.807) is 13.2 Å². The predicted molar refractivity (Wildman–Crippen MR) is 89.6 cm³/mol. The molecule has 112 valence electrons. The van der Waals surface area contributed by atoms with E-state index in [0.29, 0.717) is 5.02 Å². The molecule has 21 heavy (non-hydrogen) atoms. The zero-order chi connectivity index (χ0) is 15.2. The van der Waals surface area contributed by atoms with Gasteiger partial charge >= 0.3 is 0 Å². The summed E-state index contributed by atoms with van der Waals surface area (Å²) in [7, 11) is 1.69. The summed E-state index contributed by atoms with van der Waals surface area (Å²) in [4.78, 5) is 0. The monoisotopic (exact) mass is 323 g/mol. The number of ether oxygens (including phenoxy) is 1. The lowest BCUT2D eigenvalue weighted by atomic mass is 9.98. The Morgan fingerprint density at radius 1 is 1.14 bits per heavy atom. The van der Waals surface area contributed by atoms with Crippen molar-refractivity contribution >= 4 is 23.2 Å². The predicted octanol–water partition coefficient (Wildman–Crippen LogP) is 4.90. The zero-order valence-corrected chi connectivity index (χ0v) is 13.7. The van der Waals surface area contributed by atoms with Crippen molar-refractivity contribution in [3.8, 4) is 5.75 Å². The van der Waals surface area contributed by atoms with Crippen molar-refractivity contribution in [3.05, 3.63) is 63.6 Å². The van der Waals surface area contributed by atoms with Crippen LogP contribution in [0.2, 0.25) is 10.0 Å². The number of benzene rings is 2. The van der Waals surface area contributed by atoms with E-state index in [-0.39, 0.29) is 6.04 Å². The fraction of sp³-hybridized carbons (Fsp3) is 0.294. The number of halogens is 2. The summed E-state index contributed by atoms with van der Waals surface area (Å²) >= 11 is 12.4. The molecule has 2 aromatic rings. The second-order valence-electron chi connectivity index (χ2n) is 4.79. The molecule has 1 unspecified atom stereocenters. The fourth-order valence-electron chi connectivity index (χ4n) is 2.41. The number of hydrogen-bond donors (Lipinski definition) is 1. The molecule has 0 radical (unpaired) electrons. The summed E-state index contributed by atoms with van der Waals surface area (Å²) in [5.74, 6) is 0.876. The summed E-state index contributed by atoms with van der Waals surface area (Å²) in [6, 6.07) is 13.7. The highest BCUT2D eigenvalue weighted by atomic mass is 35.5. The molecule has 0 aliphatic rings. The molecule has 0 spiro atoms. The lowest BCUT2D eigenvalue weighted by molar-refractivity contribution is 0.399. The topological polar surface area (TPSA) is 21.3 Å². The molecular formula is C17H19Cl2NO. The highest BCUT2D eigenvalue weighted by Gasteiger charge is 2.17. The fourth-order valence-corrected chi connectivity index (χ4v) is 2.80. The smallest absolute Gasteiger partial charge is 0.123 e. The summed E-state index contributed by atoms with van der Waals surface area (Å²) < 4.78 is 5.47. The maximum absolute atomic E-state index is 6.28. The van der Waals surface area contributed by atoms with E-state index < -0.39 is 0 Å². The lowest BCUT2D eigenvalue weighted by Gasteiger charge is -2.21. The Kier molecular flexibility index (Phi) is 5.92. The van der Waals surface area contributed by atoms with Gasteiger partial charge in [0.15, 0.2) is 0 Å². The highest BCUT2D eigenvalue weighted by Crippen LogP contribution is 2.30. The van der Waals surface area contributed by atoms with Crippen LogP contribution in [0.1, 0.15) is 24.1 Å². The van der Waals surface area contributed by atoms with Crippen molar-refractivity contribution in [2.75, 3.05) is 13.7 Å². The van der Waals surface area contributed by atoms with Gasteiger partial charge in [0.25, 0.3) is 0 Å². The van der Waals surface area contributed by atoms with Gasteiger partial charge in [0, 0.05) is 21.7 Å². The summed E-state index contributed by atoms with van der Waals surface area (Å²) in [6.45, 7) is 2.95. The van der Waals surface area contributed by atoms with Crippen molar-refractivity contribution in [2.24, 2.45) is 0 Å². The first-order valence-corrected chi connectivity index (χ1v) is 7.71. The standard InChI is InChI=1S/C17H19Cl2NO/c1-3-20-16(14-6-4-5-7-17(14)21-2)11-12-10-13(18)8-9-15(12)19/h4-10,16,20H,3,11H2,1-2H3. The molecule has 4 heteroatoms. The van der Waals surface area contributed by atoms with Crippen LogP contribution in [0.4, 0.5) is 0 Å². The van der Waals surface area contributed by atoms with Gasteiger partial charge in [-0.15, -0.1) is 0 Å². The number of para-hydroxylation sites is 1. The Hall–Kier alpha value is -1.22. The van der Waals surface area contributed by atoms with Crippen LogP contribution in [0.15, 0.2) is 42.5 Å². The molecule has 0 heterocycles. The first-order chi connectivity index (χ1) is 10.2. The normalized spacial score (nSPS) is 12.2. The Morgan fingerprint density at radius 3 is 2.62 bits per heavy atom. The SMILES string of the molecule is CCNC(Cc1cc(Cl)ccc1Cl)c1ccccc1OC. The van der Waals surface area contributed by atoms with Crippen molar-refractivity contribution in [1.82, 2.24) is 5.32 Å². The van der Waals surface area contributed by atoms with Crippen LogP contribution >= 0.6 is 23.2 Å². The Bertz CT molecular complexity index is 601. The van der Waals surface area contributed by atoms with Gasteiger partial charge < -0.3 is 10.1 Å². The maximum Gasteiger partial charge on any atom is 0.123 e. The van der Waals surface area contributed by atoms with Crippen LogP contribution in [0, 0.1) is 0 Å². The van der Waals surface area contributed by atoms with Crippen molar-refractivity contribution in [3.63, 3.8) is 0 Å². The molecule has 0 saturated carbocycles. The van der Waals surface area contributed by atoms with E-state index in [1.165, 1.54) is 0 Å². The van der Waals surface area contributed by atoms with Gasteiger partial charge in [0.1, 0.15) is 5.75 Å². The van der Waals surface area contributed by atoms with E-state index in [4.69, 9.17) is 27.9 Å². The Labute approximate surface area is 136 Å². The van der Waals surface area contributed by atoms with Crippen molar-refractivity contribution in [2.45, 2.75) is 19.4 Å². The second kappa shape index (κ2) is 7.69. The van der Waals surface area contributed by atoms with Gasteiger partial charge in [-0.2, -0.15) is 0 Å². The van der Waals surface area contributed by atoms with E-state index >= 15 is 0 Å². The largest absolute Gasteiger partial charge is 0.496 e. The van der Waals surface area contributed by atoms with Gasteiger partial charge in [-0.05, 0) is 42.8 Å². The number of rotatable bonds is 6. The third-order valence-corrected chi connectivity index (χ3v) is 4.00.